The van der Waals surface area contributed by atoms with Gasteiger partial charge in [-0.3, -0.25) is 10.1 Å². The van der Waals surface area contributed by atoms with E-state index in [1.54, 1.807) is 19.1 Å². The molecule has 152 valence electrons. The highest BCUT2D eigenvalue weighted by atomic mass is 19.3. The van der Waals surface area contributed by atoms with E-state index in [2.05, 4.69) is 29.9 Å². The van der Waals surface area contributed by atoms with Gasteiger partial charge in [-0.05, 0) is 31.2 Å². The molecule has 4 aromatic rings. The molecule has 1 amide bonds. The van der Waals surface area contributed by atoms with Crippen molar-refractivity contribution in [1.82, 2.24) is 19.7 Å². The number of alkyl halides is 2. The molecule has 0 spiro atoms. The monoisotopic (exact) mass is 415 g/mol. The molecule has 1 aliphatic heterocycles. The summed E-state index contributed by atoms with van der Waals surface area (Å²) in [6, 6.07) is 8.28. The number of nitrogens with zero attached hydrogens (tertiary/aromatic N) is 3. The number of hydrogen-bond donors (Lipinski definition) is 2. The lowest BCUT2D eigenvalue weighted by Gasteiger charge is -2.05. The zero-order valence-corrected chi connectivity index (χ0v) is 15.2. The first-order valence-corrected chi connectivity index (χ1v) is 8.70. The molecule has 0 radical (unpaired) electrons. The molecule has 1 aliphatic rings. The number of anilines is 1. The Morgan fingerprint density at radius 1 is 1.17 bits per heavy atom. The van der Waals surface area contributed by atoms with E-state index in [9.17, 15) is 18.0 Å². The third-order valence-corrected chi connectivity index (χ3v) is 4.56. The van der Waals surface area contributed by atoms with Crippen LogP contribution in [-0.2, 0) is 0 Å². The van der Waals surface area contributed by atoms with E-state index < -0.39 is 12.2 Å². The Hall–Kier alpha value is -4.02. The predicted molar refractivity (Wildman–Crippen MR) is 98.5 cm³/mol. The van der Waals surface area contributed by atoms with Gasteiger partial charge < -0.3 is 14.5 Å². The Labute approximate surface area is 166 Å². The summed E-state index contributed by atoms with van der Waals surface area (Å²) in [5, 5.41) is 6.78. The van der Waals surface area contributed by atoms with Crippen molar-refractivity contribution in [1.29, 1.82) is 0 Å². The standard InChI is InChI=1S/C19H12F3N5O3/c1-9-12(8-23-27(9)11-4-2-10(20)3-5-11)17(28)26-18-24-13-6-15-16(7-14(13)25-18)30-19(21,22)29-15/h2-8H,1H3,(H2,24,25,26,28). The van der Waals surface area contributed by atoms with Gasteiger partial charge in [-0.15, -0.1) is 8.78 Å². The zero-order chi connectivity index (χ0) is 21.0. The van der Waals surface area contributed by atoms with Crippen LogP contribution in [0.1, 0.15) is 16.1 Å². The maximum absolute atomic E-state index is 13.2. The summed E-state index contributed by atoms with van der Waals surface area (Å²) >= 11 is 0. The van der Waals surface area contributed by atoms with Crippen LogP contribution in [0.2, 0.25) is 0 Å². The Morgan fingerprint density at radius 3 is 2.60 bits per heavy atom. The molecule has 5 rings (SSSR count). The van der Waals surface area contributed by atoms with E-state index in [1.165, 1.54) is 35.1 Å². The molecule has 2 aromatic heterocycles. The van der Waals surface area contributed by atoms with Gasteiger partial charge in [0.2, 0.25) is 5.95 Å². The van der Waals surface area contributed by atoms with Crippen molar-refractivity contribution >= 4 is 22.9 Å². The lowest BCUT2D eigenvalue weighted by atomic mass is 10.2. The van der Waals surface area contributed by atoms with E-state index in [1.807, 2.05) is 0 Å². The topological polar surface area (TPSA) is 94.1 Å². The first-order chi connectivity index (χ1) is 14.3. The Kier molecular flexibility index (Phi) is 3.75. The molecule has 0 fully saturated rings. The van der Waals surface area contributed by atoms with Gasteiger partial charge in [0.05, 0.1) is 34.2 Å². The fourth-order valence-electron chi connectivity index (χ4n) is 3.16. The summed E-state index contributed by atoms with van der Waals surface area (Å²) in [4.78, 5) is 19.7. The van der Waals surface area contributed by atoms with Crippen LogP contribution in [-0.4, -0.2) is 32.0 Å². The van der Waals surface area contributed by atoms with Crippen LogP contribution in [0.3, 0.4) is 0 Å². The maximum Gasteiger partial charge on any atom is 0.586 e. The summed E-state index contributed by atoms with van der Waals surface area (Å²) in [5.41, 5.74) is 2.11. The normalized spacial score (nSPS) is 14.3. The highest BCUT2D eigenvalue weighted by Gasteiger charge is 2.43. The number of aromatic amines is 1. The second-order valence-corrected chi connectivity index (χ2v) is 6.55. The largest absolute Gasteiger partial charge is 0.586 e. The van der Waals surface area contributed by atoms with E-state index in [4.69, 9.17) is 0 Å². The van der Waals surface area contributed by atoms with Crippen molar-refractivity contribution in [2.75, 3.05) is 5.32 Å². The predicted octanol–water partition coefficient (Wildman–Crippen LogP) is 3.77. The number of carbonyl (C=O) groups excluding carboxylic acids is 1. The van der Waals surface area contributed by atoms with Gasteiger partial charge in [0, 0.05) is 12.1 Å². The molecular weight excluding hydrogens is 403 g/mol. The van der Waals surface area contributed by atoms with Crippen molar-refractivity contribution in [3.63, 3.8) is 0 Å². The van der Waals surface area contributed by atoms with Gasteiger partial charge in [0.15, 0.2) is 11.5 Å². The van der Waals surface area contributed by atoms with Crippen molar-refractivity contribution in [3.8, 4) is 17.2 Å². The highest BCUT2D eigenvalue weighted by Crippen LogP contribution is 2.42. The molecular formula is C19H12F3N5O3. The minimum atomic E-state index is -3.72. The quantitative estimate of drug-likeness (QED) is 0.531. The molecule has 30 heavy (non-hydrogen) atoms. The van der Waals surface area contributed by atoms with Crippen LogP contribution in [0.15, 0.2) is 42.6 Å². The maximum atomic E-state index is 13.2. The number of rotatable bonds is 3. The summed E-state index contributed by atoms with van der Waals surface area (Å²) in [6.07, 6.45) is -2.34. The second-order valence-electron chi connectivity index (χ2n) is 6.55. The van der Waals surface area contributed by atoms with Crippen molar-refractivity contribution < 1.29 is 27.4 Å². The molecule has 0 bridgehead atoms. The average molecular weight is 415 g/mol. The number of imidazole rings is 1. The molecule has 0 aliphatic carbocycles. The number of ether oxygens (including phenoxy) is 2. The molecule has 0 unspecified atom stereocenters. The summed E-state index contributed by atoms with van der Waals surface area (Å²) in [7, 11) is 0. The lowest BCUT2D eigenvalue weighted by molar-refractivity contribution is -0.286. The molecule has 11 heteroatoms. The fraction of sp³-hybridized carbons (Fsp3) is 0.105. The van der Waals surface area contributed by atoms with E-state index in [0.29, 0.717) is 22.4 Å². The number of nitrogens with one attached hydrogen (secondary N) is 2. The van der Waals surface area contributed by atoms with Crippen LogP contribution in [0, 0.1) is 12.7 Å². The summed E-state index contributed by atoms with van der Waals surface area (Å²) in [6.45, 7) is 1.70. The third kappa shape index (κ3) is 3.00. The van der Waals surface area contributed by atoms with Crippen LogP contribution >= 0.6 is 0 Å². The highest BCUT2D eigenvalue weighted by molar-refractivity contribution is 6.04. The summed E-state index contributed by atoms with van der Waals surface area (Å²) in [5.74, 6) is -1.03. The number of amides is 1. The van der Waals surface area contributed by atoms with Gasteiger partial charge in [-0.25, -0.2) is 14.1 Å². The first-order valence-electron chi connectivity index (χ1n) is 8.70. The van der Waals surface area contributed by atoms with Crippen LogP contribution in [0.4, 0.5) is 19.1 Å². The Balaban J connectivity index is 1.40. The number of hydrogen-bond acceptors (Lipinski definition) is 5. The Morgan fingerprint density at radius 2 is 1.87 bits per heavy atom. The SMILES string of the molecule is Cc1c(C(=O)Nc2nc3cc4c(cc3[nH]2)OC(F)(F)O4)cnn1-c1ccc(F)cc1. The number of H-pyrrole nitrogens is 1. The number of carbonyl (C=O) groups is 1. The summed E-state index contributed by atoms with van der Waals surface area (Å²) < 4.78 is 49.7. The lowest BCUT2D eigenvalue weighted by Crippen LogP contribution is -2.25. The van der Waals surface area contributed by atoms with Crippen molar-refractivity contribution in [3.05, 3.63) is 59.7 Å². The van der Waals surface area contributed by atoms with Gasteiger partial charge >= 0.3 is 6.29 Å². The van der Waals surface area contributed by atoms with E-state index >= 15 is 0 Å². The van der Waals surface area contributed by atoms with Gasteiger partial charge in [-0.1, -0.05) is 0 Å². The minimum absolute atomic E-state index is 0.111. The molecule has 0 saturated heterocycles. The van der Waals surface area contributed by atoms with E-state index in [-0.39, 0.29) is 28.8 Å². The van der Waals surface area contributed by atoms with Crippen molar-refractivity contribution in [2.45, 2.75) is 13.2 Å². The van der Waals surface area contributed by atoms with Crippen LogP contribution in [0.5, 0.6) is 11.5 Å². The first kappa shape index (κ1) is 18.0. The smallest absolute Gasteiger partial charge is 0.395 e. The van der Waals surface area contributed by atoms with E-state index in [0.717, 1.165) is 0 Å². The average Bonchev–Trinajstić information content (AvgIpc) is 3.33. The van der Waals surface area contributed by atoms with Crippen LogP contribution in [0.25, 0.3) is 16.7 Å². The van der Waals surface area contributed by atoms with Gasteiger partial charge in [0.1, 0.15) is 5.82 Å². The van der Waals surface area contributed by atoms with Crippen LogP contribution < -0.4 is 14.8 Å². The third-order valence-electron chi connectivity index (χ3n) is 4.56. The minimum Gasteiger partial charge on any atom is -0.395 e. The van der Waals surface area contributed by atoms with Gasteiger partial charge in [-0.2, -0.15) is 5.10 Å². The van der Waals surface area contributed by atoms with Gasteiger partial charge in [0.25, 0.3) is 5.91 Å². The number of benzene rings is 2. The zero-order valence-electron chi connectivity index (χ0n) is 15.2. The molecule has 0 saturated carbocycles. The molecule has 3 heterocycles. The number of aromatic nitrogens is 4. The molecule has 8 nitrogen and oxygen atoms in total. The number of halogens is 3. The Bertz CT molecular complexity index is 1250. The fourth-order valence-corrected chi connectivity index (χ4v) is 3.16. The van der Waals surface area contributed by atoms with Crippen molar-refractivity contribution in [2.24, 2.45) is 0 Å². The molecule has 0 atom stereocenters. The molecule has 2 N–H and O–H groups in total. The second kappa shape index (κ2) is 6.24. The molecule has 2 aromatic carbocycles. The number of fused-ring (bicyclic) bond motifs is 2.